The molecule has 1 heterocycles. The lowest BCUT2D eigenvalue weighted by Gasteiger charge is -1.91. The minimum Gasteiger partial charge on any atom is -0.436 e. The predicted octanol–water partition coefficient (Wildman–Crippen LogP) is 3.37. The van der Waals surface area contributed by atoms with Gasteiger partial charge < -0.3 is 4.42 Å². The lowest BCUT2D eigenvalue weighted by molar-refractivity contribution is 0.620. The van der Waals surface area contributed by atoms with Crippen LogP contribution in [-0.2, 0) is 0 Å². The number of oxazole rings is 1. The summed E-state index contributed by atoms with van der Waals surface area (Å²) in [7, 11) is 0. The van der Waals surface area contributed by atoms with Gasteiger partial charge in [0.2, 0.25) is 5.89 Å². The van der Waals surface area contributed by atoms with Crippen LogP contribution in [0.4, 0.5) is 0 Å². The number of benzene rings is 2. The van der Waals surface area contributed by atoms with Crippen LogP contribution in [0.3, 0.4) is 0 Å². The molecule has 3 heteroatoms. The minimum atomic E-state index is 0.536. The Kier molecular flexibility index (Phi) is 2.13. The minimum absolute atomic E-state index is 0.536. The van der Waals surface area contributed by atoms with Crippen LogP contribution in [0.2, 0.25) is 0 Å². The van der Waals surface area contributed by atoms with E-state index < -0.39 is 0 Å². The van der Waals surface area contributed by atoms with E-state index in [1.165, 1.54) is 0 Å². The van der Waals surface area contributed by atoms with Gasteiger partial charge in [-0.25, -0.2) is 4.98 Å². The number of nitrogens with zero attached hydrogens (tertiary/aromatic N) is 2. The van der Waals surface area contributed by atoms with Crippen molar-refractivity contribution in [2.75, 3.05) is 0 Å². The number of hydrogen-bond donors (Lipinski definition) is 0. The molecule has 17 heavy (non-hydrogen) atoms. The van der Waals surface area contributed by atoms with Crippen molar-refractivity contribution in [2.24, 2.45) is 0 Å². The molecule has 0 radical (unpaired) electrons. The molecule has 0 aliphatic rings. The summed E-state index contributed by atoms with van der Waals surface area (Å²) in [5, 5.41) is 8.98. The van der Waals surface area contributed by atoms with Crippen molar-refractivity contribution in [3.63, 3.8) is 0 Å². The van der Waals surface area contributed by atoms with E-state index in [0.717, 1.165) is 5.56 Å². The van der Waals surface area contributed by atoms with Gasteiger partial charge in [-0.3, -0.25) is 0 Å². The molecule has 0 N–H and O–H groups in total. The molecule has 0 aliphatic carbocycles. The molecule has 0 aliphatic heterocycles. The Labute approximate surface area is 97.9 Å². The number of fused-ring (bicyclic) bond motifs is 1. The van der Waals surface area contributed by atoms with Gasteiger partial charge in [0.15, 0.2) is 5.58 Å². The molecule has 0 amide bonds. The zero-order valence-electron chi connectivity index (χ0n) is 8.92. The fourth-order valence-electron chi connectivity index (χ4n) is 1.74. The molecule has 3 rings (SSSR count). The molecular weight excluding hydrogens is 212 g/mol. The van der Waals surface area contributed by atoms with Gasteiger partial charge in [0.1, 0.15) is 11.6 Å². The summed E-state index contributed by atoms with van der Waals surface area (Å²) < 4.78 is 5.63. The van der Waals surface area contributed by atoms with Crippen LogP contribution in [0, 0.1) is 11.3 Å². The Morgan fingerprint density at radius 2 is 1.82 bits per heavy atom. The summed E-state index contributed by atoms with van der Waals surface area (Å²) in [6.07, 6.45) is 0. The van der Waals surface area contributed by atoms with Crippen LogP contribution < -0.4 is 0 Å². The fourth-order valence-corrected chi connectivity index (χ4v) is 1.74. The third kappa shape index (κ3) is 1.56. The van der Waals surface area contributed by atoms with E-state index in [9.17, 15) is 0 Å². The number of rotatable bonds is 1. The van der Waals surface area contributed by atoms with Crippen LogP contribution in [0.25, 0.3) is 22.6 Å². The second kappa shape index (κ2) is 3.76. The van der Waals surface area contributed by atoms with Gasteiger partial charge in [-0.1, -0.05) is 24.3 Å². The van der Waals surface area contributed by atoms with E-state index in [1.807, 2.05) is 36.4 Å². The Morgan fingerprint density at radius 1 is 1.00 bits per heavy atom. The van der Waals surface area contributed by atoms with Crippen molar-refractivity contribution in [2.45, 2.75) is 0 Å². The lowest BCUT2D eigenvalue weighted by Crippen LogP contribution is -1.78. The SMILES string of the molecule is N#Cc1cccc2oc(-c3ccccc3)nc12. The molecule has 0 saturated carbocycles. The van der Waals surface area contributed by atoms with Gasteiger partial charge >= 0.3 is 0 Å². The maximum atomic E-state index is 8.98. The van der Waals surface area contributed by atoms with Crippen molar-refractivity contribution >= 4 is 11.1 Å². The monoisotopic (exact) mass is 220 g/mol. The highest BCUT2D eigenvalue weighted by Gasteiger charge is 2.10. The highest BCUT2D eigenvalue weighted by molar-refractivity contribution is 5.81. The second-order valence-electron chi connectivity index (χ2n) is 3.65. The third-order valence-corrected chi connectivity index (χ3v) is 2.56. The van der Waals surface area contributed by atoms with E-state index >= 15 is 0 Å². The number of nitriles is 1. The van der Waals surface area contributed by atoms with E-state index in [-0.39, 0.29) is 0 Å². The molecule has 1 aromatic heterocycles. The van der Waals surface area contributed by atoms with Crippen LogP contribution in [-0.4, -0.2) is 4.98 Å². The first-order chi connectivity index (χ1) is 8.38. The number of para-hydroxylation sites is 1. The van der Waals surface area contributed by atoms with Crippen molar-refractivity contribution in [3.8, 4) is 17.5 Å². The molecular formula is C14H8N2O. The molecule has 3 aromatic rings. The van der Waals surface area contributed by atoms with E-state index in [0.29, 0.717) is 22.6 Å². The zero-order chi connectivity index (χ0) is 11.7. The topological polar surface area (TPSA) is 49.8 Å². The quantitative estimate of drug-likeness (QED) is 0.631. The summed E-state index contributed by atoms with van der Waals surface area (Å²) >= 11 is 0. The molecule has 0 atom stereocenters. The van der Waals surface area contributed by atoms with Crippen LogP contribution in [0.5, 0.6) is 0 Å². The van der Waals surface area contributed by atoms with Gasteiger partial charge in [-0.2, -0.15) is 5.26 Å². The molecule has 0 unspecified atom stereocenters. The first-order valence-corrected chi connectivity index (χ1v) is 5.23. The lowest BCUT2D eigenvalue weighted by atomic mass is 10.2. The van der Waals surface area contributed by atoms with Gasteiger partial charge in [0.05, 0.1) is 5.56 Å². The largest absolute Gasteiger partial charge is 0.436 e. The smallest absolute Gasteiger partial charge is 0.227 e. The van der Waals surface area contributed by atoms with Crippen molar-refractivity contribution in [3.05, 3.63) is 54.1 Å². The summed E-state index contributed by atoms with van der Waals surface area (Å²) in [5.41, 5.74) is 2.71. The zero-order valence-corrected chi connectivity index (χ0v) is 8.92. The van der Waals surface area contributed by atoms with E-state index in [2.05, 4.69) is 11.1 Å². The first kappa shape index (κ1) is 9.61. The van der Waals surface area contributed by atoms with E-state index in [4.69, 9.17) is 9.68 Å². The van der Waals surface area contributed by atoms with Gasteiger partial charge in [0, 0.05) is 5.56 Å². The molecule has 0 bridgehead atoms. The van der Waals surface area contributed by atoms with Crippen molar-refractivity contribution < 1.29 is 4.42 Å². The summed E-state index contributed by atoms with van der Waals surface area (Å²) in [6, 6.07) is 17.1. The molecule has 80 valence electrons. The molecule has 0 spiro atoms. The van der Waals surface area contributed by atoms with Gasteiger partial charge in [0.25, 0.3) is 0 Å². The normalized spacial score (nSPS) is 10.3. The Morgan fingerprint density at radius 3 is 2.59 bits per heavy atom. The fraction of sp³-hybridized carbons (Fsp3) is 0. The predicted molar refractivity (Wildman–Crippen MR) is 64.2 cm³/mol. The van der Waals surface area contributed by atoms with E-state index in [1.54, 1.807) is 12.1 Å². The molecule has 0 saturated heterocycles. The standard InChI is InChI=1S/C14H8N2O/c15-9-11-7-4-8-12-13(11)16-14(17-12)10-5-2-1-3-6-10/h1-8H. The molecule has 2 aromatic carbocycles. The average molecular weight is 220 g/mol. The van der Waals surface area contributed by atoms with Crippen molar-refractivity contribution in [1.29, 1.82) is 5.26 Å². The summed E-state index contributed by atoms with van der Waals surface area (Å²) in [4.78, 5) is 4.36. The Hall–Kier alpha value is -2.60. The van der Waals surface area contributed by atoms with Crippen LogP contribution >= 0.6 is 0 Å². The number of aromatic nitrogens is 1. The Balaban J connectivity index is 2.25. The molecule has 3 nitrogen and oxygen atoms in total. The van der Waals surface area contributed by atoms with Gasteiger partial charge in [-0.15, -0.1) is 0 Å². The molecule has 0 fully saturated rings. The second-order valence-corrected chi connectivity index (χ2v) is 3.65. The maximum Gasteiger partial charge on any atom is 0.227 e. The van der Waals surface area contributed by atoms with Crippen molar-refractivity contribution in [1.82, 2.24) is 4.98 Å². The number of hydrogen-bond acceptors (Lipinski definition) is 3. The highest BCUT2D eigenvalue weighted by atomic mass is 16.3. The summed E-state index contributed by atoms with van der Waals surface area (Å²) in [5.74, 6) is 0.545. The average Bonchev–Trinajstić information content (AvgIpc) is 2.83. The Bertz CT molecular complexity index is 708. The van der Waals surface area contributed by atoms with Crippen LogP contribution in [0.15, 0.2) is 52.9 Å². The summed E-state index contributed by atoms with van der Waals surface area (Å²) in [6.45, 7) is 0. The maximum absolute atomic E-state index is 8.98. The van der Waals surface area contributed by atoms with Crippen LogP contribution in [0.1, 0.15) is 5.56 Å². The highest BCUT2D eigenvalue weighted by Crippen LogP contribution is 2.25. The van der Waals surface area contributed by atoms with Gasteiger partial charge in [-0.05, 0) is 24.3 Å². The third-order valence-electron chi connectivity index (χ3n) is 2.56. The first-order valence-electron chi connectivity index (χ1n) is 5.23.